The summed E-state index contributed by atoms with van der Waals surface area (Å²) in [6.07, 6.45) is 17.4. The molecule has 0 aliphatic carbocycles. The van der Waals surface area contributed by atoms with Crippen molar-refractivity contribution >= 4 is 16.6 Å². The molecule has 2 aliphatic heterocycles. The highest BCUT2D eigenvalue weighted by molar-refractivity contribution is 6.87. The van der Waals surface area contributed by atoms with Gasteiger partial charge in [0.1, 0.15) is 0 Å². The molecule has 2 heterocycles. The lowest BCUT2D eigenvalue weighted by molar-refractivity contribution is 0.421. The highest BCUT2D eigenvalue weighted by Gasteiger charge is 2.50. The van der Waals surface area contributed by atoms with E-state index in [1.165, 1.54) is 95.2 Å². The van der Waals surface area contributed by atoms with E-state index in [1.807, 2.05) is 0 Å². The van der Waals surface area contributed by atoms with E-state index in [1.54, 1.807) is 0 Å². The summed E-state index contributed by atoms with van der Waals surface area (Å²) >= 11 is 0. The fraction of sp³-hybridized carbons (Fsp3) is 1.00. The highest BCUT2D eigenvalue weighted by atomic mass is 28.4. The first-order valence-corrected chi connectivity index (χ1v) is 16.0. The monoisotopic (exact) mass is 354 g/mol. The summed E-state index contributed by atoms with van der Waals surface area (Å²) in [6.45, 7) is 10.2. The second-order valence-corrected chi connectivity index (χ2v) is 18.8. The van der Waals surface area contributed by atoms with E-state index in [2.05, 4.69) is 26.9 Å². The van der Waals surface area contributed by atoms with Crippen molar-refractivity contribution in [2.24, 2.45) is 0 Å². The molecule has 0 radical (unpaired) electrons. The summed E-state index contributed by atoms with van der Waals surface area (Å²) in [4.78, 5) is 0. The van der Waals surface area contributed by atoms with Gasteiger partial charge in [-0.1, -0.05) is 84.5 Å². The first-order valence-electron chi connectivity index (χ1n) is 10.6. The van der Waals surface area contributed by atoms with Crippen molar-refractivity contribution in [2.75, 3.05) is 0 Å². The minimum Gasteiger partial charge on any atom is -0.455 e. The molecule has 0 bridgehead atoms. The quantitative estimate of drug-likeness (QED) is 0.406. The normalized spacial score (nSPS) is 33.9. The van der Waals surface area contributed by atoms with Crippen molar-refractivity contribution < 1.29 is 4.12 Å². The Balaban J connectivity index is 2.26. The van der Waals surface area contributed by atoms with Crippen LogP contribution >= 0.6 is 0 Å². The summed E-state index contributed by atoms with van der Waals surface area (Å²) in [5.74, 6) is 0. The number of hydrogen-bond acceptors (Lipinski definition) is 1. The summed E-state index contributed by atoms with van der Waals surface area (Å²) in [5, 5.41) is 0.482. The van der Waals surface area contributed by atoms with E-state index in [4.69, 9.17) is 4.12 Å². The molecule has 23 heavy (non-hydrogen) atoms. The van der Waals surface area contributed by atoms with E-state index in [0.717, 1.165) is 0 Å². The van der Waals surface area contributed by atoms with Gasteiger partial charge in [0, 0.05) is 0 Å². The molecular weight excluding hydrogens is 312 g/mol. The topological polar surface area (TPSA) is 9.23 Å². The maximum absolute atomic E-state index is 7.38. The van der Waals surface area contributed by atoms with Crippen molar-refractivity contribution in [1.29, 1.82) is 0 Å². The highest BCUT2D eigenvalue weighted by Crippen LogP contribution is 2.51. The molecule has 2 rings (SSSR count). The summed E-state index contributed by atoms with van der Waals surface area (Å²) in [7, 11) is -3.14. The second kappa shape index (κ2) is 8.66. The van der Waals surface area contributed by atoms with Crippen molar-refractivity contribution in [3.05, 3.63) is 0 Å². The van der Waals surface area contributed by atoms with Gasteiger partial charge >= 0.3 is 0 Å². The lowest BCUT2D eigenvalue weighted by atomic mass is 10.0. The molecule has 2 saturated heterocycles. The van der Waals surface area contributed by atoms with Gasteiger partial charge in [-0.2, -0.15) is 0 Å². The molecule has 0 aromatic rings. The van der Waals surface area contributed by atoms with Crippen LogP contribution in [0.2, 0.25) is 36.3 Å². The van der Waals surface area contributed by atoms with Crippen LogP contribution in [0.3, 0.4) is 0 Å². The zero-order valence-electron chi connectivity index (χ0n) is 16.5. The van der Waals surface area contributed by atoms with E-state index in [-0.39, 0.29) is 0 Å². The van der Waals surface area contributed by atoms with Crippen molar-refractivity contribution in [3.63, 3.8) is 0 Å². The minimum absolute atomic E-state index is 0.482. The number of rotatable bonds is 0. The van der Waals surface area contributed by atoms with E-state index >= 15 is 0 Å². The maximum Gasteiger partial charge on any atom is 0.185 e. The van der Waals surface area contributed by atoms with Crippen LogP contribution in [-0.2, 0) is 4.12 Å². The van der Waals surface area contributed by atoms with Gasteiger partial charge in [0.25, 0.3) is 0 Å². The largest absolute Gasteiger partial charge is 0.455 e. The molecule has 1 nitrogen and oxygen atoms in total. The fourth-order valence-corrected chi connectivity index (χ4v) is 16.6. The van der Waals surface area contributed by atoms with E-state index in [9.17, 15) is 0 Å². The molecule has 0 amide bonds. The number of hydrogen-bond donors (Lipinski definition) is 0. The molecule has 1 unspecified atom stereocenters. The Labute approximate surface area is 148 Å². The molecule has 3 heteroatoms. The van der Waals surface area contributed by atoms with Crippen LogP contribution in [0.25, 0.3) is 0 Å². The van der Waals surface area contributed by atoms with Crippen LogP contribution in [0, 0.1) is 0 Å². The Morgan fingerprint density at radius 1 is 0.609 bits per heavy atom. The second-order valence-electron chi connectivity index (χ2n) is 9.63. The smallest absolute Gasteiger partial charge is 0.185 e. The standard InChI is InChI=1S/C20H42OSi2/c1-20(2)16-12-8-7-11-15-19-23(20)18-14-10-6-5-9-13-17-22(3,4)21-23/h5-19H2,1-4H3. The third kappa shape index (κ3) is 5.71. The zero-order valence-corrected chi connectivity index (χ0v) is 18.5. The van der Waals surface area contributed by atoms with Gasteiger partial charge in [-0.25, -0.2) is 0 Å². The summed E-state index contributed by atoms with van der Waals surface area (Å²) < 4.78 is 7.38. The van der Waals surface area contributed by atoms with Gasteiger partial charge in [-0.3, -0.25) is 0 Å². The molecule has 0 aromatic heterocycles. The van der Waals surface area contributed by atoms with E-state index < -0.39 is 16.6 Å². The van der Waals surface area contributed by atoms with E-state index in [0.29, 0.717) is 5.04 Å². The molecule has 0 N–H and O–H groups in total. The van der Waals surface area contributed by atoms with Crippen LogP contribution in [0.1, 0.15) is 90.9 Å². The molecule has 1 atom stereocenters. The zero-order chi connectivity index (χ0) is 16.8. The molecule has 0 saturated carbocycles. The fourth-order valence-electron chi connectivity index (χ4n) is 5.03. The first kappa shape index (κ1) is 19.7. The summed E-state index contributed by atoms with van der Waals surface area (Å²) in [5.41, 5.74) is 0. The first-order chi connectivity index (χ1) is 10.9. The van der Waals surface area contributed by atoms with Crippen LogP contribution in [0.5, 0.6) is 0 Å². The Hall–Kier alpha value is 0.394. The average Bonchev–Trinajstić information content (AvgIpc) is 2.50. The van der Waals surface area contributed by atoms with Gasteiger partial charge in [0.2, 0.25) is 0 Å². The molecule has 2 aliphatic rings. The Morgan fingerprint density at radius 3 is 1.61 bits per heavy atom. The van der Waals surface area contributed by atoms with Gasteiger partial charge in [-0.05, 0) is 42.7 Å². The third-order valence-corrected chi connectivity index (χ3v) is 17.1. The molecule has 2 fully saturated rings. The van der Waals surface area contributed by atoms with Crippen molar-refractivity contribution in [2.45, 2.75) is 127 Å². The van der Waals surface area contributed by atoms with Gasteiger partial charge in [0.05, 0.1) is 0 Å². The molecule has 0 aromatic carbocycles. The van der Waals surface area contributed by atoms with Crippen LogP contribution in [0.15, 0.2) is 0 Å². The summed E-state index contributed by atoms with van der Waals surface area (Å²) in [6, 6.07) is 4.31. The van der Waals surface area contributed by atoms with Gasteiger partial charge < -0.3 is 4.12 Å². The van der Waals surface area contributed by atoms with Crippen LogP contribution in [-0.4, -0.2) is 16.6 Å². The Bertz CT molecular complexity index is 354. The molecule has 136 valence electrons. The minimum atomic E-state index is -1.65. The average molecular weight is 355 g/mol. The van der Waals surface area contributed by atoms with Crippen LogP contribution in [0.4, 0.5) is 0 Å². The SMILES string of the molecule is CC1(C)CCCCCCC[Si]12CCCCCCCC[Si](C)(C)O2. The Morgan fingerprint density at radius 2 is 1.04 bits per heavy atom. The van der Waals surface area contributed by atoms with Gasteiger partial charge in [-0.15, -0.1) is 0 Å². The van der Waals surface area contributed by atoms with Gasteiger partial charge in [0.15, 0.2) is 16.6 Å². The van der Waals surface area contributed by atoms with Crippen LogP contribution < -0.4 is 0 Å². The Kier molecular flexibility index (Phi) is 7.43. The van der Waals surface area contributed by atoms with Crippen molar-refractivity contribution in [1.82, 2.24) is 0 Å². The lowest BCUT2D eigenvalue weighted by Gasteiger charge is -2.49. The predicted octanol–water partition coefficient (Wildman–Crippen LogP) is 7.64. The molecule has 1 spiro atoms. The maximum atomic E-state index is 7.38. The third-order valence-electron chi connectivity index (χ3n) is 6.70. The molecular formula is C20H42OSi2. The predicted molar refractivity (Wildman–Crippen MR) is 108 cm³/mol. The lowest BCUT2D eigenvalue weighted by Crippen LogP contribution is -2.55. The van der Waals surface area contributed by atoms with Crippen molar-refractivity contribution in [3.8, 4) is 0 Å².